The topological polar surface area (TPSA) is 43.4 Å². The molecule has 1 aromatic carbocycles. The van der Waals surface area contributed by atoms with Crippen LogP contribution in [0.3, 0.4) is 0 Å². The van der Waals surface area contributed by atoms with E-state index >= 15 is 0 Å². The van der Waals surface area contributed by atoms with Crippen LogP contribution in [0.15, 0.2) is 18.2 Å². The zero-order valence-electron chi connectivity index (χ0n) is 8.86. The Balaban J connectivity index is 2.13. The molecule has 0 unspecified atom stereocenters. The molecule has 2 aliphatic rings. The van der Waals surface area contributed by atoms with Crippen molar-refractivity contribution in [3.8, 4) is 0 Å². The summed E-state index contributed by atoms with van der Waals surface area (Å²) in [5, 5.41) is 0. The Kier molecular flexibility index (Phi) is 2.06. The van der Waals surface area contributed by atoms with Crippen molar-refractivity contribution >= 4 is 11.9 Å². The van der Waals surface area contributed by atoms with Crippen LogP contribution in [0, 0.1) is 0 Å². The number of hydrogen-bond donors (Lipinski definition) is 0. The van der Waals surface area contributed by atoms with Crippen LogP contribution < -0.4 is 0 Å². The maximum atomic E-state index is 11.6. The van der Waals surface area contributed by atoms with Crippen LogP contribution in [-0.4, -0.2) is 11.9 Å². The van der Waals surface area contributed by atoms with Crippen LogP contribution >= 0.6 is 0 Å². The van der Waals surface area contributed by atoms with Crippen molar-refractivity contribution in [1.29, 1.82) is 0 Å². The molecule has 1 aliphatic carbocycles. The second-order valence-electron chi connectivity index (χ2n) is 4.43. The highest BCUT2D eigenvalue weighted by Crippen LogP contribution is 2.38. The molecule has 0 saturated heterocycles. The molecule has 0 spiro atoms. The van der Waals surface area contributed by atoms with Crippen molar-refractivity contribution in [2.75, 3.05) is 0 Å². The number of carbonyl (C=O) groups excluding carboxylic acids is 2. The molecule has 1 heterocycles. The van der Waals surface area contributed by atoms with E-state index in [1.54, 1.807) is 6.07 Å². The number of esters is 2. The molecule has 0 N–H and O–H groups in total. The third-order valence-electron chi connectivity index (χ3n) is 3.50. The highest BCUT2D eigenvalue weighted by atomic mass is 16.6. The Bertz CT molecular complexity index is 470. The minimum Gasteiger partial charge on any atom is -0.386 e. The van der Waals surface area contributed by atoms with E-state index in [1.165, 1.54) is 12.8 Å². The Morgan fingerprint density at radius 3 is 2.56 bits per heavy atom. The number of rotatable bonds is 1. The molecule has 0 amide bonds. The average Bonchev–Trinajstić information content (AvgIpc) is 2.88. The normalized spacial score (nSPS) is 20.0. The molecule has 1 saturated carbocycles. The lowest BCUT2D eigenvalue weighted by molar-refractivity contribution is 0.0443. The summed E-state index contributed by atoms with van der Waals surface area (Å²) in [5.74, 6) is -0.546. The number of ether oxygens (including phenoxy) is 1. The number of cyclic esters (lactones) is 2. The highest BCUT2D eigenvalue weighted by molar-refractivity contribution is 6.15. The summed E-state index contributed by atoms with van der Waals surface area (Å²) in [5.41, 5.74) is 1.96. The van der Waals surface area contributed by atoms with Gasteiger partial charge in [0.05, 0.1) is 11.1 Å². The summed E-state index contributed by atoms with van der Waals surface area (Å²) in [7, 11) is 0. The van der Waals surface area contributed by atoms with Gasteiger partial charge in [0.25, 0.3) is 0 Å². The maximum Gasteiger partial charge on any atom is 0.347 e. The first-order valence-electron chi connectivity index (χ1n) is 5.67. The highest BCUT2D eigenvalue weighted by Gasteiger charge is 2.34. The van der Waals surface area contributed by atoms with E-state index in [0.29, 0.717) is 17.0 Å². The van der Waals surface area contributed by atoms with Crippen LogP contribution in [-0.2, 0) is 4.74 Å². The van der Waals surface area contributed by atoms with Crippen LogP contribution in [0.4, 0.5) is 0 Å². The van der Waals surface area contributed by atoms with Gasteiger partial charge in [0.2, 0.25) is 0 Å². The monoisotopic (exact) mass is 216 g/mol. The lowest BCUT2D eigenvalue weighted by Gasteiger charge is -2.11. The van der Waals surface area contributed by atoms with Crippen molar-refractivity contribution < 1.29 is 14.3 Å². The third-order valence-corrected chi connectivity index (χ3v) is 3.50. The van der Waals surface area contributed by atoms with Crippen LogP contribution in [0.2, 0.25) is 0 Å². The molecule has 3 heteroatoms. The smallest absolute Gasteiger partial charge is 0.347 e. The second-order valence-corrected chi connectivity index (χ2v) is 4.43. The fourth-order valence-electron chi connectivity index (χ4n) is 2.74. The molecular weight excluding hydrogens is 204 g/mol. The minimum absolute atomic E-state index is 0.424. The number of hydrogen-bond acceptors (Lipinski definition) is 3. The van der Waals surface area contributed by atoms with E-state index in [-0.39, 0.29) is 0 Å². The fourth-order valence-corrected chi connectivity index (χ4v) is 2.74. The largest absolute Gasteiger partial charge is 0.386 e. The van der Waals surface area contributed by atoms with E-state index in [4.69, 9.17) is 0 Å². The van der Waals surface area contributed by atoms with Gasteiger partial charge in [0.15, 0.2) is 0 Å². The van der Waals surface area contributed by atoms with Crippen LogP contribution in [0.1, 0.15) is 57.9 Å². The maximum absolute atomic E-state index is 11.6. The van der Waals surface area contributed by atoms with E-state index < -0.39 is 11.9 Å². The summed E-state index contributed by atoms with van der Waals surface area (Å²) in [6.07, 6.45) is 4.63. The third kappa shape index (κ3) is 1.28. The van der Waals surface area contributed by atoms with Gasteiger partial charge < -0.3 is 4.74 Å². The van der Waals surface area contributed by atoms with Crippen molar-refractivity contribution in [3.63, 3.8) is 0 Å². The Labute approximate surface area is 93.4 Å². The average molecular weight is 216 g/mol. The summed E-state index contributed by atoms with van der Waals surface area (Å²) in [6.45, 7) is 0. The lowest BCUT2D eigenvalue weighted by Crippen LogP contribution is -2.03. The molecule has 0 atom stereocenters. The fraction of sp³-hybridized carbons (Fsp3) is 0.385. The van der Waals surface area contributed by atoms with Crippen molar-refractivity contribution in [2.45, 2.75) is 31.6 Å². The van der Waals surface area contributed by atoms with Gasteiger partial charge in [0, 0.05) is 0 Å². The molecule has 3 rings (SSSR count). The summed E-state index contributed by atoms with van der Waals surface area (Å²) in [6, 6.07) is 5.46. The quantitative estimate of drug-likeness (QED) is 0.535. The number of benzene rings is 1. The predicted molar refractivity (Wildman–Crippen MR) is 57.4 cm³/mol. The van der Waals surface area contributed by atoms with Gasteiger partial charge in [-0.15, -0.1) is 0 Å². The summed E-state index contributed by atoms with van der Waals surface area (Å²) in [4.78, 5) is 23.0. The van der Waals surface area contributed by atoms with E-state index in [9.17, 15) is 9.59 Å². The van der Waals surface area contributed by atoms with Gasteiger partial charge in [-0.25, -0.2) is 9.59 Å². The first-order valence-corrected chi connectivity index (χ1v) is 5.67. The van der Waals surface area contributed by atoms with E-state index in [0.717, 1.165) is 18.4 Å². The van der Waals surface area contributed by atoms with Crippen molar-refractivity contribution in [2.24, 2.45) is 0 Å². The molecule has 82 valence electrons. The van der Waals surface area contributed by atoms with Gasteiger partial charge in [-0.05, 0) is 30.4 Å². The molecule has 1 aliphatic heterocycles. The molecule has 1 fully saturated rings. The zero-order chi connectivity index (χ0) is 11.1. The first kappa shape index (κ1) is 9.58. The standard InChI is InChI=1S/C13H12O3/c14-12-10-7-3-6-9(8-4-1-2-5-8)11(10)13(15)16-12/h3,6-8H,1-2,4-5H2. The first-order chi connectivity index (χ1) is 7.77. The molecule has 0 radical (unpaired) electrons. The molecule has 3 nitrogen and oxygen atoms in total. The lowest BCUT2D eigenvalue weighted by atomic mass is 9.91. The van der Waals surface area contributed by atoms with Gasteiger partial charge in [0.1, 0.15) is 0 Å². The van der Waals surface area contributed by atoms with Crippen molar-refractivity contribution in [1.82, 2.24) is 0 Å². The number of fused-ring (bicyclic) bond motifs is 1. The minimum atomic E-state index is -0.500. The van der Waals surface area contributed by atoms with Crippen molar-refractivity contribution in [3.05, 3.63) is 34.9 Å². The van der Waals surface area contributed by atoms with E-state index in [1.807, 2.05) is 12.1 Å². The molecule has 0 bridgehead atoms. The predicted octanol–water partition coefficient (Wildman–Crippen LogP) is 2.65. The van der Waals surface area contributed by atoms with Gasteiger partial charge >= 0.3 is 11.9 Å². The second kappa shape index (κ2) is 3.44. The SMILES string of the molecule is O=C1OC(=O)c2c1cccc2C1CCCC1. The Morgan fingerprint density at radius 1 is 1.06 bits per heavy atom. The zero-order valence-corrected chi connectivity index (χ0v) is 8.86. The molecular formula is C13H12O3. The molecule has 1 aromatic rings. The van der Waals surface area contributed by atoms with Gasteiger partial charge in [-0.2, -0.15) is 0 Å². The molecule has 0 aromatic heterocycles. The van der Waals surface area contributed by atoms with E-state index in [2.05, 4.69) is 4.74 Å². The Morgan fingerprint density at radius 2 is 1.81 bits per heavy atom. The summed E-state index contributed by atoms with van der Waals surface area (Å²) >= 11 is 0. The summed E-state index contributed by atoms with van der Waals surface area (Å²) < 4.78 is 4.65. The van der Waals surface area contributed by atoms with Crippen LogP contribution in [0.25, 0.3) is 0 Å². The Hall–Kier alpha value is -1.64. The van der Waals surface area contributed by atoms with Crippen LogP contribution in [0.5, 0.6) is 0 Å². The number of carbonyl (C=O) groups is 2. The van der Waals surface area contributed by atoms with Gasteiger partial charge in [-0.1, -0.05) is 25.0 Å². The molecule has 16 heavy (non-hydrogen) atoms. The van der Waals surface area contributed by atoms with Gasteiger partial charge in [-0.3, -0.25) is 0 Å².